The van der Waals surface area contributed by atoms with E-state index in [1.807, 2.05) is 12.1 Å². The summed E-state index contributed by atoms with van der Waals surface area (Å²) in [6.45, 7) is 1.26. The fourth-order valence-corrected chi connectivity index (χ4v) is 4.58. The Hall–Kier alpha value is -3.29. The van der Waals surface area contributed by atoms with Gasteiger partial charge in [-0.15, -0.1) is 0 Å². The van der Waals surface area contributed by atoms with Crippen LogP contribution in [0.25, 0.3) is 0 Å². The Morgan fingerprint density at radius 2 is 1.76 bits per heavy atom. The number of carbonyl (C=O) groups is 1. The van der Waals surface area contributed by atoms with Gasteiger partial charge in [-0.05, 0) is 85.9 Å². The van der Waals surface area contributed by atoms with Crippen molar-refractivity contribution in [2.45, 2.75) is 30.8 Å². The second kappa shape index (κ2) is 10.3. The molecular formula is C27H28F2N2O3. The van der Waals surface area contributed by atoms with Crippen molar-refractivity contribution in [2.24, 2.45) is 0 Å². The van der Waals surface area contributed by atoms with Crippen LogP contribution in [-0.4, -0.2) is 36.8 Å². The summed E-state index contributed by atoms with van der Waals surface area (Å²) in [7, 11) is 1.57. The lowest BCUT2D eigenvalue weighted by Crippen LogP contribution is -2.47. The number of nitrogens with one attached hydrogen (secondary N) is 2. The Balaban J connectivity index is 1.69. The molecule has 3 N–H and O–H groups in total. The zero-order valence-corrected chi connectivity index (χ0v) is 19.0. The Bertz CT molecular complexity index is 1140. The van der Waals surface area contributed by atoms with E-state index in [-0.39, 0.29) is 12.3 Å². The molecule has 0 bridgehead atoms. The number of carbonyl (C=O) groups excluding carboxylic acids is 1. The van der Waals surface area contributed by atoms with Crippen LogP contribution < -0.4 is 15.4 Å². The van der Waals surface area contributed by atoms with Gasteiger partial charge in [0.05, 0.1) is 12.7 Å². The molecule has 7 heteroatoms. The van der Waals surface area contributed by atoms with Crippen molar-refractivity contribution < 1.29 is 23.4 Å². The average molecular weight is 467 g/mol. The van der Waals surface area contributed by atoms with Crippen molar-refractivity contribution in [3.63, 3.8) is 0 Å². The summed E-state index contributed by atoms with van der Waals surface area (Å²) >= 11 is 0. The first-order valence-electron chi connectivity index (χ1n) is 11.3. The van der Waals surface area contributed by atoms with E-state index < -0.39 is 23.2 Å². The first-order chi connectivity index (χ1) is 16.4. The third kappa shape index (κ3) is 5.26. The molecule has 0 aliphatic carbocycles. The third-order valence-electron chi connectivity index (χ3n) is 6.47. The minimum Gasteiger partial charge on any atom is -0.497 e. The highest BCUT2D eigenvalue weighted by Gasteiger charge is 2.40. The minimum absolute atomic E-state index is 0.264. The molecule has 0 radical (unpaired) electrons. The number of amides is 1. The molecule has 0 saturated carbocycles. The molecule has 1 atom stereocenters. The summed E-state index contributed by atoms with van der Waals surface area (Å²) in [6.07, 6.45) is 1.23. The van der Waals surface area contributed by atoms with Crippen LogP contribution in [0, 0.1) is 11.6 Å². The highest BCUT2D eigenvalue weighted by molar-refractivity contribution is 6.05. The quantitative estimate of drug-likeness (QED) is 0.474. The van der Waals surface area contributed by atoms with E-state index in [9.17, 15) is 18.7 Å². The van der Waals surface area contributed by atoms with Crippen molar-refractivity contribution in [3.8, 4) is 5.75 Å². The molecular weight excluding hydrogens is 438 g/mol. The van der Waals surface area contributed by atoms with Gasteiger partial charge in [0, 0.05) is 17.2 Å². The van der Waals surface area contributed by atoms with Gasteiger partial charge in [0.15, 0.2) is 11.6 Å². The lowest BCUT2D eigenvalue weighted by atomic mass is 9.72. The maximum Gasteiger partial charge on any atom is 0.255 e. The zero-order valence-electron chi connectivity index (χ0n) is 19.0. The standard InChI is InChI=1S/C27H28F2N2O3/c1-34-20-9-7-19(8-10-20)31-26(32)22-5-3-2-4-21(22)23(27(33)12-14-30-15-13-27)16-18-6-11-24(28)25(29)17-18/h2-11,17,23,30,33H,12-16H2,1H3,(H,31,32). The minimum atomic E-state index is -1.10. The average Bonchev–Trinajstić information content (AvgIpc) is 2.85. The van der Waals surface area contributed by atoms with Gasteiger partial charge in [-0.2, -0.15) is 0 Å². The number of rotatable bonds is 7. The van der Waals surface area contributed by atoms with Gasteiger partial charge in [-0.1, -0.05) is 24.3 Å². The van der Waals surface area contributed by atoms with Crippen LogP contribution in [0.1, 0.15) is 40.2 Å². The van der Waals surface area contributed by atoms with E-state index in [2.05, 4.69) is 10.6 Å². The van der Waals surface area contributed by atoms with Crippen LogP contribution in [0.15, 0.2) is 66.7 Å². The maximum atomic E-state index is 14.0. The van der Waals surface area contributed by atoms with Gasteiger partial charge >= 0.3 is 0 Å². The molecule has 1 unspecified atom stereocenters. The van der Waals surface area contributed by atoms with Gasteiger partial charge in [0.25, 0.3) is 5.91 Å². The van der Waals surface area contributed by atoms with Gasteiger partial charge in [0.1, 0.15) is 5.75 Å². The summed E-state index contributed by atoms with van der Waals surface area (Å²) in [5.74, 6) is -1.97. The molecule has 3 aromatic rings. The van der Waals surface area contributed by atoms with Gasteiger partial charge in [0.2, 0.25) is 0 Å². The molecule has 1 saturated heterocycles. The third-order valence-corrected chi connectivity index (χ3v) is 6.47. The first kappa shape index (κ1) is 23.9. The SMILES string of the molecule is COc1ccc(NC(=O)c2ccccc2C(Cc2ccc(F)c(F)c2)C2(O)CCNCC2)cc1. The second-order valence-corrected chi connectivity index (χ2v) is 8.63. The second-order valence-electron chi connectivity index (χ2n) is 8.63. The number of hydrogen-bond donors (Lipinski definition) is 3. The lowest BCUT2D eigenvalue weighted by molar-refractivity contribution is -0.0160. The topological polar surface area (TPSA) is 70.6 Å². The number of halogens is 2. The van der Waals surface area contributed by atoms with Gasteiger partial charge in [-0.3, -0.25) is 4.79 Å². The lowest BCUT2D eigenvalue weighted by Gasteiger charge is -2.40. The molecule has 1 aliphatic heterocycles. The number of aliphatic hydroxyl groups is 1. The fraction of sp³-hybridized carbons (Fsp3) is 0.296. The van der Waals surface area contributed by atoms with Crippen LogP contribution in [0.3, 0.4) is 0 Å². The Labute approximate surface area is 197 Å². The van der Waals surface area contributed by atoms with Crippen LogP contribution in [0.4, 0.5) is 14.5 Å². The van der Waals surface area contributed by atoms with Crippen molar-refractivity contribution in [3.05, 3.63) is 95.1 Å². The molecule has 1 heterocycles. The number of anilines is 1. The first-order valence-corrected chi connectivity index (χ1v) is 11.3. The van der Waals surface area contributed by atoms with Crippen molar-refractivity contribution >= 4 is 11.6 Å². The van der Waals surface area contributed by atoms with Gasteiger partial charge in [-0.25, -0.2) is 8.78 Å². The maximum absolute atomic E-state index is 14.0. The van der Waals surface area contributed by atoms with Gasteiger partial charge < -0.3 is 20.5 Å². The van der Waals surface area contributed by atoms with Crippen LogP contribution in [-0.2, 0) is 6.42 Å². The Kier molecular flexibility index (Phi) is 7.24. The largest absolute Gasteiger partial charge is 0.497 e. The molecule has 1 aliphatic rings. The predicted molar refractivity (Wildman–Crippen MR) is 127 cm³/mol. The molecule has 4 rings (SSSR count). The molecule has 34 heavy (non-hydrogen) atoms. The predicted octanol–water partition coefficient (Wildman–Crippen LogP) is 4.67. The Morgan fingerprint density at radius 1 is 1.06 bits per heavy atom. The summed E-state index contributed by atoms with van der Waals surface area (Å²) in [5.41, 5.74) is 1.16. The molecule has 1 fully saturated rings. The number of ether oxygens (including phenoxy) is 1. The Morgan fingerprint density at radius 3 is 2.44 bits per heavy atom. The molecule has 178 valence electrons. The summed E-state index contributed by atoms with van der Waals surface area (Å²) in [4.78, 5) is 13.3. The molecule has 3 aromatic carbocycles. The monoisotopic (exact) mass is 466 g/mol. The van der Waals surface area contributed by atoms with Crippen LogP contribution >= 0.6 is 0 Å². The van der Waals surface area contributed by atoms with E-state index in [0.29, 0.717) is 54.1 Å². The van der Waals surface area contributed by atoms with Crippen LogP contribution in [0.2, 0.25) is 0 Å². The van der Waals surface area contributed by atoms with Crippen molar-refractivity contribution in [1.29, 1.82) is 0 Å². The highest BCUT2D eigenvalue weighted by Crippen LogP contribution is 2.39. The number of hydrogen-bond acceptors (Lipinski definition) is 4. The smallest absolute Gasteiger partial charge is 0.255 e. The molecule has 5 nitrogen and oxygen atoms in total. The zero-order chi connectivity index (χ0) is 24.1. The number of methoxy groups -OCH3 is 1. The summed E-state index contributed by atoms with van der Waals surface area (Å²) in [5, 5.41) is 17.8. The normalized spacial score (nSPS) is 16.0. The van der Waals surface area contributed by atoms with E-state index in [0.717, 1.165) is 12.1 Å². The highest BCUT2D eigenvalue weighted by atomic mass is 19.2. The van der Waals surface area contributed by atoms with E-state index in [1.165, 1.54) is 6.07 Å². The van der Waals surface area contributed by atoms with Crippen molar-refractivity contribution in [2.75, 3.05) is 25.5 Å². The summed E-state index contributed by atoms with van der Waals surface area (Å²) in [6, 6.07) is 17.9. The van der Waals surface area contributed by atoms with Crippen molar-refractivity contribution in [1.82, 2.24) is 5.32 Å². The molecule has 1 amide bonds. The number of piperidine rings is 1. The fourth-order valence-electron chi connectivity index (χ4n) is 4.58. The van der Waals surface area contributed by atoms with E-state index >= 15 is 0 Å². The molecule has 0 aromatic heterocycles. The summed E-state index contributed by atoms with van der Waals surface area (Å²) < 4.78 is 32.6. The molecule has 0 spiro atoms. The number of benzene rings is 3. The van der Waals surface area contributed by atoms with E-state index in [1.54, 1.807) is 43.5 Å². The van der Waals surface area contributed by atoms with Crippen LogP contribution in [0.5, 0.6) is 5.75 Å². The van der Waals surface area contributed by atoms with E-state index in [4.69, 9.17) is 4.74 Å².